The van der Waals surface area contributed by atoms with Crippen molar-refractivity contribution in [3.8, 4) is 11.1 Å². The van der Waals surface area contributed by atoms with Gasteiger partial charge in [0.2, 0.25) is 0 Å². The minimum atomic E-state index is 0. The van der Waals surface area contributed by atoms with Crippen molar-refractivity contribution >= 4 is 10.8 Å². The van der Waals surface area contributed by atoms with E-state index < -0.39 is 0 Å². The standard InChI is InChI=1S/C16H13.Zr/c1-12-6-2-5-9-16(12)15-10-13-7-3-4-8-14(13)11-15;/h2-11H,1H3;/q-1;. The van der Waals surface area contributed by atoms with Crippen molar-refractivity contribution in [2.45, 2.75) is 6.92 Å². The zero-order valence-corrected chi connectivity index (χ0v) is 12.2. The van der Waals surface area contributed by atoms with E-state index in [9.17, 15) is 0 Å². The molecule has 0 heterocycles. The number of benzene rings is 2. The van der Waals surface area contributed by atoms with Crippen molar-refractivity contribution in [3.05, 3.63) is 66.2 Å². The van der Waals surface area contributed by atoms with Gasteiger partial charge in [-0.3, -0.25) is 0 Å². The second-order valence-corrected chi connectivity index (χ2v) is 4.19. The van der Waals surface area contributed by atoms with Crippen LogP contribution in [0.25, 0.3) is 21.9 Å². The maximum atomic E-state index is 2.26. The van der Waals surface area contributed by atoms with Gasteiger partial charge in [0.05, 0.1) is 0 Å². The van der Waals surface area contributed by atoms with Gasteiger partial charge < -0.3 is 0 Å². The molecule has 0 atom stereocenters. The summed E-state index contributed by atoms with van der Waals surface area (Å²) >= 11 is 0. The molecular weight excluding hydrogens is 283 g/mol. The summed E-state index contributed by atoms with van der Waals surface area (Å²) in [6.45, 7) is 2.16. The molecule has 0 amide bonds. The molecule has 0 fully saturated rings. The SMILES string of the molecule is Cc1ccccc1-c1cc2ccccc2[cH-]1.[Zr]. The summed E-state index contributed by atoms with van der Waals surface area (Å²) in [6, 6.07) is 21.6. The summed E-state index contributed by atoms with van der Waals surface area (Å²) in [7, 11) is 0. The van der Waals surface area contributed by atoms with Gasteiger partial charge in [0, 0.05) is 26.2 Å². The molecule has 0 spiro atoms. The Kier molecular flexibility index (Phi) is 3.69. The van der Waals surface area contributed by atoms with Crippen molar-refractivity contribution in [1.82, 2.24) is 0 Å². The third-order valence-electron chi connectivity index (χ3n) is 3.07. The first-order valence-electron chi connectivity index (χ1n) is 5.56. The van der Waals surface area contributed by atoms with Gasteiger partial charge in [0.15, 0.2) is 0 Å². The summed E-state index contributed by atoms with van der Waals surface area (Å²) in [4.78, 5) is 0. The van der Waals surface area contributed by atoms with E-state index in [2.05, 4.69) is 67.6 Å². The molecular formula is C16H13Zr-. The number of hydrogen-bond donors (Lipinski definition) is 0. The Balaban J connectivity index is 0.00000108. The zero-order valence-electron chi connectivity index (χ0n) is 9.77. The van der Waals surface area contributed by atoms with Crippen LogP contribution in [0.2, 0.25) is 0 Å². The molecule has 0 aromatic heterocycles. The molecule has 0 aliphatic rings. The van der Waals surface area contributed by atoms with E-state index in [0.29, 0.717) is 0 Å². The van der Waals surface area contributed by atoms with E-state index >= 15 is 0 Å². The zero-order chi connectivity index (χ0) is 11.0. The van der Waals surface area contributed by atoms with Crippen LogP contribution in [0.15, 0.2) is 60.7 Å². The van der Waals surface area contributed by atoms with Crippen LogP contribution < -0.4 is 0 Å². The van der Waals surface area contributed by atoms with Crippen LogP contribution in [-0.2, 0) is 26.2 Å². The Bertz CT molecular complexity index is 602. The molecule has 17 heavy (non-hydrogen) atoms. The first-order chi connectivity index (χ1) is 7.84. The number of rotatable bonds is 1. The predicted molar refractivity (Wildman–Crippen MR) is 69.7 cm³/mol. The summed E-state index contributed by atoms with van der Waals surface area (Å²) in [5.74, 6) is 0. The van der Waals surface area contributed by atoms with Crippen LogP contribution >= 0.6 is 0 Å². The fraction of sp³-hybridized carbons (Fsp3) is 0.0625. The molecule has 1 heteroatoms. The Morgan fingerprint density at radius 3 is 2.35 bits per heavy atom. The number of hydrogen-bond acceptors (Lipinski definition) is 0. The van der Waals surface area contributed by atoms with Gasteiger partial charge in [-0.2, -0.15) is 0 Å². The third-order valence-corrected chi connectivity index (χ3v) is 3.07. The summed E-state index contributed by atoms with van der Waals surface area (Å²) < 4.78 is 0. The van der Waals surface area contributed by atoms with Crippen LogP contribution in [0, 0.1) is 6.92 Å². The van der Waals surface area contributed by atoms with E-state index in [1.54, 1.807) is 0 Å². The van der Waals surface area contributed by atoms with Crippen molar-refractivity contribution in [2.75, 3.05) is 0 Å². The minimum Gasteiger partial charge on any atom is -0.145 e. The minimum absolute atomic E-state index is 0. The second-order valence-electron chi connectivity index (χ2n) is 4.19. The molecule has 3 aromatic rings. The Morgan fingerprint density at radius 1 is 0.882 bits per heavy atom. The van der Waals surface area contributed by atoms with Crippen molar-refractivity contribution < 1.29 is 26.2 Å². The van der Waals surface area contributed by atoms with Crippen molar-refractivity contribution in [1.29, 1.82) is 0 Å². The largest absolute Gasteiger partial charge is 0.145 e. The molecule has 0 saturated carbocycles. The second kappa shape index (κ2) is 5.06. The maximum Gasteiger partial charge on any atom is 0 e. The quantitative estimate of drug-likeness (QED) is 0.579. The van der Waals surface area contributed by atoms with Gasteiger partial charge in [-0.25, -0.2) is 0 Å². The molecule has 0 N–H and O–H groups in total. The van der Waals surface area contributed by atoms with Crippen molar-refractivity contribution in [3.63, 3.8) is 0 Å². The first kappa shape index (κ1) is 12.4. The van der Waals surface area contributed by atoms with Gasteiger partial charge >= 0.3 is 0 Å². The van der Waals surface area contributed by atoms with E-state index in [0.717, 1.165) is 0 Å². The van der Waals surface area contributed by atoms with Gasteiger partial charge in [0.1, 0.15) is 0 Å². The maximum absolute atomic E-state index is 2.26. The molecule has 3 rings (SSSR count). The Hall–Kier alpha value is -1.07. The van der Waals surface area contributed by atoms with Gasteiger partial charge in [0.25, 0.3) is 0 Å². The predicted octanol–water partition coefficient (Wildman–Crippen LogP) is 4.53. The molecule has 0 aliphatic heterocycles. The van der Waals surface area contributed by atoms with Crippen LogP contribution in [0.1, 0.15) is 5.56 Å². The molecule has 0 nitrogen and oxygen atoms in total. The van der Waals surface area contributed by atoms with E-state index in [4.69, 9.17) is 0 Å². The topological polar surface area (TPSA) is 0 Å². The van der Waals surface area contributed by atoms with E-state index in [-0.39, 0.29) is 26.2 Å². The van der Waals surface area contributed by atoms with Crippen LogP contribution in [0.4, 0.5) is 0 Å². The Labute approximate surface area is 121 Å². The molecule has 0 unspecified atom stereocenters. The average molecular weight is 297 g/mol. The smallest absolute Gasteiger partial charge is 0 e. The number of fused-ring (bicyclic) bond motifs is 1. The first-order valence-corrected chi connectivity index (χ1v) is 5.56. The van der Waals surface area contributed by atoms with E-state index in [1.165, 1.54) is 27.5 Å². The van der Waals surface area contributed by atoms with Gasteiger partial charge in [-0.05, 0) is 6.92 Å². The summed E-state index contributed by atoms with van der Waals surface area (Å²) in [5.41, 5.74) is 3.98. The average Bonchev–Trinajstić information content (AvgIpc) is 2.73. The fourth-order valence-corrected chi connectivity index (χ4v) is 2.20. The third kappa shape index (κ3) is 2.30. The molecule has 3 aromatic carbocycles. The fourth-order valence-electron chi connectivity index (χ4n) is 2.20. The van der Waals surface area contributed by atoms with E-state index in [1.807, 2.05) is 0 Å². The molecule has 0 saturated heterocycles. The normalized spacial score (nSPS) is 10.2. The van der Waals surface area contributed by atoms with Gasteiger partial charge in [-0.15, -0.1) is 34.5 Å². The van der Waals surface area contributed by atoms with Crippen LogP contribution in [0.5, 0.6) is 0 Å². The monoisotopic (exact) mass is 295 g/mol. The van der Waals surface area contributed by atoms with Crippen LogP contribution in [0.3, 0.4) is 0 Å². The molecule has 0 bridgehead atoms. The molecule has 82 valence electrons. The Morgan fingerprint density at radius 2 is 1.59 bits per heavy atom. The van der Waals surface area contributed by atoms with Crippen molar-refractivity contribution in [2.24, 2.45) is 0 Å². The molecule has 0 radical (unpaired) electrons. The summed E-state index contributed by atoms with van der Waals surface area (Å²) in [5, 5.41) is 2.64. The van der Waals surface area contributed by atoms with Crippen LogP contribution in [-0.4, -0.2) is 0 Å². The summed E-state index contributed by atoms with van der Waals surface area (Å²) in [6.07, 6.45) is 0. The van der Waals surface area contributed by atoms with Gasteiger partial charge in [-0.1, -0.05) is 53.6 Å². The number of aryl methyl sites for hydroxylation is 1. The molecule has 0 aliphatic carbocycles.